The number of hydrogen-bond donors (Lipinski definition) is 6. The lowest BCUT2D eigenvalue weighted by Gasteiger charge is -2.35. The number of carboxylic acids is 1. The number of carboxylic acid groups (broad SMARTS) is 1. The Morgan fingerprint density at radius 3 is 1.07 bits per heavy atom. The van der Waals surface area contributed by atoms with E-state index in [1.54, 1.807) is 35.0 Å². The molecule has 0 bridgehead atoms. The molecule has 9 atom stereocenters. The lowest BCUT2D eigenvalue weighted by atomic mass is 9.94. The zero-order valence-electron chi connectivity index (χ0n) is 87.4. The largest absolute Gasteiger partial charge is 0.481 e. The van der Waals surface area contributed by atoms with E-state index in [4.69, 9.17) is 48.1 Å². The molecule has 150 heavy (non-hydrogen) atoms. The highest BCUT2D eigenvalue weighted by atomic mass is 35.5. The van der Waals surface area contributed by atoms with Crippen molar-refractivity contribution in [1.29, 1.82) is 0 Å². The molecular formula is C118H142ClN15O16. The first kappa shape index (κ1) is 108. The summed E-state index contributed by atoms with van der Waals surface area (Å²) in [4.78, 5) is 127. The monoisotopic (exact) mass is 2060 g/mol. The minimum Gasteiger partial charge on any atom is -0.481 e. The molecule has 0 saturated carbocycles. The average Bonchev–Trinajstić information content (AvgIpc) is 1.61. The number of amides is 7. The van der Waals surface area contributed by atoms with E-state index in [1.807, 2.05) is 146 Å². The third-order valence-electron chi connectivity index (χ3n) is 30.2. The second-order valence-electron chi connectivity index (χ2n) is 42.5. The third kappa shape index (κ3) is 24.8. The first-order valence-electron chi connectivity index (χ1n) is 53.1. The van der Waals surface area contributed by atoms with Crippen LogP contribution in [0.25, 0.3) is 66.5 Å². The number of aliphatic carboxylic acids is 1. The summed E-state index contributed by atoms with van der Waals surface area (Å²) < 4.78 is 45.9. The molecule has 9 aliphatic rings. The number of hydrogen-bond acceptors (Lipinski definition) is 20. The van der Waals surface area contributed by atoms with Crippen molar-refractivity contribution in [3.05, 3.63) is 269 Å². The van der Waals surface area contributed by atoms with Gasteiger partial charge >= 0.3 is 36.4 Å². The van der Waals surface area contributed by atoms with Gasteiger partial charge < -0.3 is 98.1 Å². The number of rotatable bonds is 26. The van der Waals surface area contributed by atoms with Gasteiger partial charge in [0, 0.05) is 155 Å². The molecule has 0 spiro atoms. The molecule has 3 aromatic heterocycles. The molecule has 12 aromatic rings. The van der Waals surface area contributed by atoms with Crippen LogP contribution in [0.3, 0.4) is 0 Å². The molecule has 9 aromatic carbocycles. The zero-order chi connectivity index (χ0) is 104. The van der Waals surface area contributed by atoms with E-state index in [2.05, 4.69) is 150 Å². The van der Waals surface area contributed by atoms with Gasteiger partial charge in [-0.1, -0.05) is 195 Å². The number of carbonyl (C=O) groups is 8. The van der Waals surface area contributed by atoms with Gasteiger partial charge in [-0.25, -0.2) is 38.9 Å². The normalized spacial score (nSPS) is 20.1. The summed E-state index contributed by atoms with van der Waals surface area (Å²) >= 11 is 0. The number of piperidine rings is 3. The number of nitrogens with zero attached hydrogens (tertiary/aromatic N) is 10. The van der Waals surface area contributed by atoms with Crippen LogP contribution in [0, 0.1) is 17.8 Å². The fraction of sp³-hybridized carbons (Fsp3) is 0.449. The number of para-hydroxylation sites is 6. The Hall–Kier alpha value is -13.7. The summed E-state index contributed by atoms with van der Waals surface area (Å²) in [6.07, 6.45) is 7.46. The van der Waals surface area contributed by atoms with Gasteiger partial charge in [-0.3, -0.25) is 14.4 Å². The van der Waals surface area contributed by atoms with E-state index in [-0.39, 0.29) is 112 Å². The van der Waals surface area contributed by atoms with Gasteiger partial charge in [-0.05, 0) is 209 Å². The molecule has 6 N–H and O–H groups in total. The lowest BCUT2D eigenvalue weighted by molar-refractivity contribution is -0.142. The quantitative estimate of drug-likeness (QED) is 0.0217. The minimum absolute atomic E-state index is 0. The Kier molecular flexibility index (Phi) is 35.1. The highest BCUT2D eigenvalue weighted by molar-refractivity contribution is 5.87. The molecule has 9 heterocycles. The molecule has 6 fully saturated rings. The van der Waals surface area contributed by atoms with Crippen LogP contribution in [-0.4, -0.2) is 257 Å². The second kappa shape index (κ2) is 48.9. The number of carbonyl (C=O) groups excluding carboxylic acids is 7. The highest BCUT2D eigenvalue weighted by Gasteiger charge is 2.48. The molecule has 32 heteroatoms. The first-order valence-corrected chi connectivity index (χ1v) is 53.1. The summed E-state index contributed by atoms with van der Waals surface area (Å²) in [6, 6.07) is 72.2. The summed E-state index contributed by atoms with van der Waals surface area (Å²) in [5.41, 5.74) is 18.9. The number of halogens is 1. The molecule has 7 amide bonds. The van der Waals surface area contributed by atoms with Crippen LogP contribution in [0.15, 0.2) is 218 Å². The van der Waals surface area contributed by atoms with Crippen molar-refractivity contribution in [2.75, 3.05) is 126 Å². The van der Waals surface area contributed by atoms with Crippen molar-refractivity contribution in [1.82, 2.24) is 74.8 Å². The van der Waals surface area contributed by atoms with Gasteiger partial charge in [-0.15, -0.1) is 12.4 Å². The van der Waals surface area contributed by atoms with E-state index in [0.29, 0.717) is 58.4 Å². The Balaban J connectivity index is 0.000000143. The van der Waals surface area contributed by atoms with E-state index >= 15 is 0 Å². The fourth-order valence-corrected chi connectivity index (χ4v) is 23.1. The molecule has 0 unspecified atom stereocenters. The number of unbranched alkanes of at least 4 members (excludes halogenated alkanes) is 1. The van der Waals surface area contributed by atoms with E-state index in [9.17, 15) is 43.5 Å². The standard InChI is InChI=1S/C41H49N5O6.C36H41N5O4.C25H28N2O6.C16H23N3.ClH/c1-41(2,3)52-40(49)45-24-32(35(25-45)43-39(48)51-26-33-30-16-7-5-14-28(30)29-15-6-8-17-31(29)33)38(47)44-20-11-13-27(23-44)37-42-34-18-9-10-19-36(34)46(37)21-12-22-50-4;1-44-19-9-18-41-33-16-7-6-15-31(33)38-34(41)24-10-8-17-40(22-24)35(42)29-20-37-21-32(29)39-36(43)45-23-30-27-13-4-2-11-25(27)26-12-3-5-14-28(26)30;1-25(2,3)33-24(31)27-12-19(22(28)29)21(13-27)26-23(30)32-14-20-17-10-6-4-8-15(17)16-9-5-7-11-18(16)20;1-2-3-11-19-15-9-5-4-8-14(15)18-16(19)13-7-6-10-17-12-13;/h5-10,14-19,27,32-33,35H,11-13,20-26H2,1-4H3,(H,43,48);2-7,11-16,24,29-30,32,37H,8-10,17-23H2,1H3,(H,39,43);4-11,19-21H,12-14H2,1-3H3,(H,26,30)(H,28,29);4-5,8-9,13,17H,2-3,6-7,10-12H2,1H3;1H/t27-,32-,35-;24-,29-,32-;19-,21-;13-;/m1111./s1. The van der Waals surface area contributed by atoms with Crippen molar-refractivity contribution in [3.63, 3.8) is 0 Å². The average molecular weight is 2060 g/mol. The number of alkyl carbamates (subject to hydrolysis) is 3. The lowest BCUT2D eigenvalue weighted by Crippen LogP contribution is -2.50. The number of aromatic nitrogens is 6. The van der Waals surface area contributed by atoms with Crippen molar-refractivity contribution in [2.45, 2.75) is 197 Å². The third-order valence-corrected chi connectivity index (χ3v) is 30.2. The van der Waals surface area contributed by atoms with Crippen molar-refractivity contribution in [2.24, 2.45) is 17.8 Å². The number of methoxy groups -OCH3 is 2. The van der Waals surface area contributed by atoms with Gasteiger partial charge in [0.2, 0.25) is 11.8 Å². The number of nitrogens with one attached hydrogen (secondary N) is 5. The summed E-state index contributed by atoms with van der Waals surface area (Å²) in [7, 11) is 3.44. The Bertz CT molecular complexity index is 6630. The van der Waals surface area contributed by atoms with Gasteiger partial charge in [0.15, 0.2) is 0 Å². The maximum atomic E-state index is 14.4. The molecule has 6 saturated heterocycles. The summed E-state index contributed by atoms with van der Waals surface area (Å²) in [6.45, 7) is 23.5. The Morgan fingerprint density at radius 1 is 0.373 bits per heavy atom. The van der Waals surface area contributed by atoms with Crippen molar-refractivity contribution >= 4 is 93.8 Å². The molecule has 6 aliphatic heterocycles. The van der Waals surface area contributed by atoms with Crippen LogP contribution in [0.5, 0.6) is 0 Å². The smallest absolute Gasteiger partial charge is 0.410 e. The SMILES string of the molecule is CC(C)(C)OC(=O)N1C[C@@H](NC(=O)OCC2c3ccccc3-c3ccccc32)[C@H](C(=O)O)C1.CCCCn1c([C@@H]2CCCNC2)nc2ccccc21.COCCCn1c([C@@H]2CCCN(C(=O)[C@@H]3CN(C(=O)OC(C)(C)C)C[C@H]3NC(=O)OCC3c4ccccc4-c4ccccc43)C2)nc2ccccc21.COCCCn1c([C@@H]2CCCN(C(=O)[C@@H]3CNC[C@H]3NC(=O)OCC3c4ccccc4-c4ccccc43)C2)nc2ccccc21.Cl. The maximum absolute atomic E-state index is 14.4. The predicted octanol–water partition coefficient (Wildman–Crippen LogP) is 19.0. The number of benzene rings is 9. The summed E-state index contributed by atoms with van der Waals surface area (Å²) in [5, 5.41) is 25.0. The number of ether oxygens (including phenoxy) is 7. The van der Waals surface area contributed by atoms with Crippen LogP contribution in [0.2, 0.25) is 0 Å². The minimum atomic E-state index is -1.09. The maximum Gasteiger partial charge on any atom is 0.410 e. The highest BCUT2D eigenvalue weighted by Crippen LogP contribution is 2.49. The van der Waals surface area contributed by atoms with Gasteiger partial charge in [-0.2, -0.15) is 0 Å². The van der Waals surface area contributed by atoms with Crippen LogP contribution >= 0.6 is 12.4 Å². The second-order valence-corrected chi connectivity index (χ2v) is 42.5. The van der Waals surface area contributed by atoms with E-state index in [0.717, 1.165) is 155 Å². The molecule has 31 nitrogen and oxygen atoms in total. The number of likely N-dealkylation sites (tertiary alicyclic amines) is 4. The van der Waals surface area contributed by atoms with Crippen LogP contribution in [-0.2, 0) is 67.2 Å². The molecule has 21 rings (SSSR count). The predicted molar refractivity (Wildman–Crippen MR) is 579 cm³/mol. The number of imidazole rings is 3. The Morgan fingerprint density at radius 2 is 0.707 bits per heavy atom. The number of aryl methyl sites for hydroxylation is 3. The molecule has 0 radical (unpaired) electrons. The molecular weight excluding hydrogens is 1920 g/mol. The van der Waals surface area contributed by atoms with Crippen LogP contribution < -0.4 is 26.6 Å². The van der Waals surface area contributed by atoms with Gasteiger partial charge in [0.25, 0.3) is 0 Å². The van der Waals surface area contributed by atoms with Gasteiger partial charge in [0.1, 0.15) is 48.5 Å². The van der Waals surface area contributed by atoms with Crippen LogP contribution in [0.4, 0.5) is 24.0 Å². The van der Waals surface area contributed by atoms with E-state index < -0.39 is 71.6 Å². The topological polar surface area (TPSA) is 348 Å². The number of fused-ring (bicyclic) bond motifs is 12. The summed E-state index contributed by atoms with van der Waals surface area (Å²) in [5.74, 6) is 0.836. The first-order chi connectivity index (χ1) is 72.3. The van der Waals surface area contributed by atoms with E-state index in [1.165, 1.54) is 69.1 Å². The molecule has 792 valence electrons. The van der Waals surface area contributed by atoms with Crippen molar-refractivity contribution < 1.29 is 76.6 Å². The fourth-order valence-electron chi connectivity index (χ4n) is 23.1. The van der Waals surface area contributed by atoms with Crippen LogP contribution in [0.1, 0.15) is 199 Å². The van der Waals surface area contributed by atoms with Gasteiger partial charge in [0.05, 0.1) is 69.0 Å². The Labute approximate surface area is 883 Å². The van der Waals surface area contributed by atoms with Crippen molar-refractivity contribution in [3.8, 4) is 33.4 Å². The zero-order valence-corrected chi connectivity index (χ0v) is 88.2. The molecule has 3 aliphatic carbocycles.